The Bertz CT molecular complexity index is 782. The topological polar surface area (TPSA) is 75.3 Å². The Hall–Kier alpha value is -2.60. The number of nitrogens with one attached hydrogen (secondary N) is 2. The molecule has 0 aliphatic carbocycles. The van der Waals surface area contributed by atoms with Crippen molar-refractivity contribution in [3.8, 4) is 0 Å². The van der Waals surface area contributed by atoms with E-state index in [1.807, 2.05) is 30.3 Å². The molecule has 2 aromatic rings. The fourth-order valence-electron chi connectivity index (χ4n) is 1.89. The minimum Gasteiger partial charge on any atom is -0.348 e. The Morgan fingerprint density at radius 3 is 2.30 bits per heavy atom. The Morgan fingerprint density at radius 2 is 1.70 bits per heavy atom. The molecule has 2 N–H and O–H groups in total. The molecule has 0 heterocycles. The van der Waals surface area contributed by atoms with Gasteiger partial charge in [-0.1, -0.05) is 42.5 Å². The van der Waals surface area contributed by atoms with E-state index < -0.39 is 10.0 Å². The summed E-state index contributed by atoms with van der Waals surface area (Å²) in [6.45, 7) is 0.473. The number of carbonyl (C=O) groups excluding carboxylic acids is 1. The van der Waals surface area contributed by atoms with Gasteiger partial charge in [-0.2, -0.15) is 0 Å². The maximum Gasteiger partial charge on any atom is 0.244 e. The molecular formula is C17H18N2O3S. The van der Waals surface area contributed by atoms with Crippen molar-refractivity contribution < 1.29 is 13.2 Å². The summed E-state index contributed by atoms with van der Waals surface area (Å²) in [4.78, 5) is 11.8. The van der Waals surface area contributed by atoms with Gasteiger partial charge in [0.1, 0.15) is 0 Å². The first kappa shape index (κ1) is 16.8. The lowest BCUT2D eigenvalue weighted by Crippen LogP contribution is -2.20. The molecule has 0 atom stereocenters. The first-order valence-corrected chi connectivity index (χ1v) is 8.89. The molecule has 0 saturated heterocycles. The van der Waals surface area contributed by atoms with E-state index in [9.17, 15) is 13.2 Å². The monoisotopic (exact) mass is 330 g/mol. The van der Waals surface area contributed by atoms with Gasteiger partial charge in [-0.25, -0.2) is 8.42 Å². The molecule has 6 heteroatoms. The third-order valence-corrected chi connectivity index (χ3v) is 3.56. The maximum atomic E-state index is 11.8. The highest BCUT2D eigenvalue weighted by molar-refractivity contribution is 7.92. The number of hydrogen-bond donors (Lipinski definition) is 2. The van der Waals surface area contributed by atoms with Crippen LogP contribution in [0.3, 0.4) is 0 Å². The predicted molar refractivity (Wildman–Crippen MR) is 92.2 cm³/mol. The molecule has 0 fully saturated rings. The molecular weight excluding hydrogens is 312 g/mol. The Balaban J connectivity index is 1.88. The minimum absolute atomic E-state index is 0.188. The smallest absolute Gasteiger partial charge is 0.244 e. The minimum atomic E-state index is -3.28. The highest BCUT2D eigenvalue weighted by Crippen LogP contribution is 2.11. The lowest BCUT2D eigenvalue weighted by molar-refractivity contribution is -0.116. The Morgan fingerprint density at radius 1 is 1.04 bits per heavy atom. The molecule has 0 aliphatic rings. The predicted octanol–water partition coefficient (Wildman–Crippen LogP) is 2.39. The van der Waals surface area contributed by atoms with Crippen molar-refractivity contribution in [3.05, 3.63) is 71.8 Å². The van der Waals surface area contributed by atoms with Gasteiger partial charge in [0.05, 0.1) is 6.26 Å². The van der Waals surface area contributed by atoms with Crippen molar-refractivity contribution in [2.45, 2.75) is 6.54 Å². The van der Waals surface area contributed by atoms with Crippen LogP contribution in [-0.2, 0) is 21.4 Å². The molecule has 2 rings (SSSR count). The van der Waals surface area contributed by atoms with Crippen LogP contribution < -0.4 is 10.0 Å². The SMILES string of the molecule is CS(=O)(=O)Nc1ccc(/C=C/C(=O)NCc2ccccc2)cc1. The van der Waals surface area contributed by atoms with Crippen LogP contribution in [0.1, 0.15) is 11.1 Å². The lowest BCUT2D eigenvalue weighted by atomic mass is 10.2. The number of carbonyl (C=O) groups is 1. The van der Waals surface area contributed by atoms with Gasteiger partial charge in [-0.3, -0.25) is 9.52 Å². The number of rotatable bonds is 6. The number of sulfonamides is 1. The summed E-state index contributed by atoms with van der Waals surface area (Å²) in [5.74, 6) is -0.188. The van der Waals surface area contributed by atoms with Gasteiger partial charge in [0.2, 0.25) is 15.9 Å². The van der Waals surface area contributed by atoms with Crippen molar-refractivity contribution in [2.75, 3.05) is 11.0 Å². The molecule has 0 radical (unpaired) electrons. The highest BCUT2D eigenvalue weighted by Gasteiger charge is 2.01. The molecule has 23 heavy (non-hydrogen) atoms. The zero-order valence-electron chi connectivity index (χ0n) is 12.7. The molecule has 5 nitrogen and oxygen atoms in total. The van der Waals surface area contributed by atoms with Gasteiger partial charge in [0, 0.05) is 18.3 Å². The molecule has 0 spiro atoms. The summed E-state index contributed by atoms with van der Waals surface area (Å²) in [5, 5.41) is 2.79. The van der Waals surface area contributed by atoms with E-state index in [0.717, 1.165) is 17.4 Å². The summed E-state index contributed by atoms with van der Waals surface area (Å²) < 4.78 is 24.6. The van der Waals surface area contributed by atoms with Crippen LogP contribution >= 0.6 is 0 Å². The molecule has 0 saturated carbocycles. The van der Waals surface area contributed by atoms with Crippen LogP contribution in [0.2, 0.25) is 0 Å². The first-order chi connectivity index (χ1) is 10.9. The van der Waals surface area contributed by atoms with Gasteiger partial charge >= 0.3 is 0 Å². The van der Waals surface area contributed by atoms with E-state index in [1.165, 1.54) is 6.08 Å². The summed E-state index contributed by atoms with van der Waals surface area (Å²) in [7, 11) is -3.28. The molecule has 120 valence electrons. The van der Waals surface area contributed by atoms with E-state index in [-0.39, 0.29) is 5.91 Å². The van der Waals surface area contributed by atoms with Crippen LogP contribution in [0, 0.1) is 0 Å². The maximum absolute atomic E-state index is 11.8. The summed E-state index contributed by atoms with van der Waals surface area (Å²) >= 11 is 0. The van der Waals surface area contributed by atoms with E-state index in [2.05, 4.69) is 10.0 Å². The quantitative estimate of drug-likeness (QED) is 0.799. The van der Waals surface area contributed by atoms with Crippen LogP contribution in [0.5, 0.6) is 0 Å². The lowest BCUT2D eigenvalue weighted by Gasteiger charge is -2.04. The van der Waals surface area contributed by atoms with Crippen molar-refractivity contribution in [2.24, 2.45) is 0 Å². The van der Waals surface area contributed by atoms with Gasteiger partial charge in [-0.15, -0.1) is 0 Å². The van der Waals surface area contributed by atoms with E-state index in [0.29, 0.717) is 12.2 Å². The van der Waals surface area contributed by atoms with E-state index >= 15 is 0 Å². The summed E-state index contributed by atoms with van der Waals surface area (Å²) in [6, 6.07) is 16.4. The summed E-state index contributed by atoms with van der Waals surface area (Å²) in [6.07, 6.45) is 4.21. The van der Waals surface area contributed by atoms with Crippen molar-refractivity contribution in [1.82, 2.24) is 5.32 Å². The van der Waals surface area contributed by atoms with Gasteiger partial charge in [-0.05, 0) is 29.3 Å². The average Bonchev–Trinajstić information content (AvgIpc) is 2.52. The van der Waals surface area contributed by atoms with Gasteiger partial charge in [0.25, 0.3) is 0 Å². The third kappa shape index (κ3) is 6.36. The van der Waals surface area contributed by atoms with Crippen LogP contribution in [0.25, 0.3) is 6.08 Å². The Kier molecular flexibility index (Phi) is 5.54. The van der Waals surface area contributed by atoms with Crippen molar-refractivity contribution >= 4 is 27.7 Å². The van der Waals surface area contributed by atoms with Crippen molar-refractivity contribution in [3.63, 3.8) is 0 Å². The Labute approximate surface area is 136 Å². The van der Waals surface area contributed by atoms with E-state index in [1.54, 1.807) is 30.3 Å². The largest absolute Gasteiger partial charge is 0.348 e. The fraction of sp³-hybridized carbons (Fsp3) is 0.118. The molecule has 2 aromatic carbocycles. The molecule has 0 aliphatic heterocycles. The van der Waals surface area contributed by atoms with Gasteiger partial charge in [0.15, 0.2) is 0 Å². The fourth-order valence-corrected chi connectivity index (χ4v) is 2.46. The summed E-state index contributed by atoms with van der Waals surface area (Å²) in [5.41, 5.74) is 2.32. The normalized spacial score (nSPS) is 11.3. The van der Waals surface area contributed by atoms with Crippen LogP contribution in [-0.4, -0.2) is 20.6 Å². The standard InChI is InChI=1S/C17H18N2O3S/c1-23(21,22)19-16-10-7-14(8-11-16)9-12-17(20)18-13-15-5-3-2-4-6-15/h2-12,19H,13H2,1H3,(H,18,20)/b12-9+. The van der Waals surface area contributed by atoms with Crippen molar-refractivity contribution in [1.29, 1.82) is 0 Å². The molecule has 0 aromatic heterocycles. The highest BCUT2D eigenvalue weighted by atomic mass is 32.2. The number of hydrogen-bond acceptors (Lipinski definition) is 3. The average molecular weight is 330 g/mol. The van der Waals surface area contributed by atoms with Gasteiger partial charge < -0.3 is 5.32 Å². The van der Waals surface area contributed by atoms with E-state index in [4.69, 9.17) is 0 Å². The van der Waals surface area contributed by atoms with Crippen LogP contribution in [0.15, 0.2) is 60.7 Å². The second-order valence-corrected chi connectivity index (χ2v) is 6.78. The molecule has 1 amide bonds. The zero-order chi connectivity index (χ0) is 16.7. The first-order valence-electron chi connectivity index (χ1n) is 7.00. The zero-order valence-corrected chi connectivity index (χ0v) is 13.5. The number of benzene rings is 2. The third-order valence-electron chi connectivity index (χ3n) is 2.95. The molecule has 0 bridgehead atoms. The second-order valence-electron chi connectivity index (χ2n) is 5.03. The molecule has 0 unspecified atom stereocenters. The number of anilines is 1. The van der Waals surface area contributed by atoms with Crippen LogP contribution in [0.4, 0.5) is 5.69 Å². The number of amides is 1. The second kappa shape index (κ2) is 7.60.